The molecular weight excluding hydrogens is 210 g/mol. The van der Waals surface area contributed by atoms with Crippen LogP contribution in [0.15, 0.2) is 48.8 Å². The minimum absolute atomic E-state index is 0.764. The summed E-state index contributed by atoms with van der Waals surface area (Å²) in [4.78, 5) is 4.44. The van der Waals surface area contributed by atoms with Crippen LogP contribution >= 0.6 is 0 Å². The normalized spacial score (nSPS) is 10.9. The molecule has 0 radical (unpaired) electrons. The van der Waals surface area contributed by atoms with Crippen molar-refractivity contribution in [3.63, 3.8) is 0 Å². The van der Waals surface area contributed by atoms with E-state index in [0.29, 0.717) is 0 Å². The number of anilines is 1. The molecule has 3 aromatic rings. The zero-order valence-corrected chi connectivity index (χ0v) is 9.59. The molecule has 3 rings (SSSR count). The van der Waals surface area contributed by atoms with Gasteiger partial charge in [0.15, 0.2) is 0 Å². The summed E-state index contributed by atoms with van der Waals surface area (Å²) in [5.41, 5.74) is 11.0. The minimum atomic E-state index is 0.764. The molecule has 0 aliphatic rings. The van der Waals surface area contributed by atoms with Crippen molar-refractivity contribution in [1.29, 1.82) is 0 Å². The van der Waals surface area contributed by atoms with E-state index in [4.69, 9.17) is 5.73 Å². The van der Waals surface area contributed by atoms with Crippen LogP contribution in [0.3, 0.4) is 0 Å². The Hall–Kier alpha value is -2.29. The topological polar surface area (TPSA) is 43.8 Å². The molecule has 2 aromatic carbocycles. The highest BCUT2D eigenvalue weighted by molar-refractivity contribution is 5.94. The SMILES string of the molecule is Cn1cnc2c(-c3ccccc3)cc(N)cc21. The number of benzene rings is 2. The number of rotatable bonds is 1. The van der Waals surface area contributed by atoms with Gasteiger partial charge in [-0.05, 0) is 17.7 Å². The molecule has 0 amide bonds. The summed E-state index contributed by atoms with van der Waals surface area (Å²) in [6.07, 6.45) is 1.82. The van der Waals surface area contributed by atoms with Gasteiger partial charge in [0.05, 0.1) is 17.4 Å². The largest absolute Gasteiger partial charge is 0.399 e. The van der Waals surface area contributed by atoms with Crippen LogP contribution in [0.2, 0.25) is 0 Å². The number of nitrogens with two attached hydrogens (primary N) is 1. The molecule has 84 valence electrons. The number of aromatic nitrogens is 2. The zero-order valence-electron chi connectivity index (χ0n) is 9.59. The van der Waals surface area contributed by atoms with Gasteiger partial charge in [-0.1, -0.05) is 30.3 Å². The molecule has 0 unspecified atom stereocenters. The number of nitrogen functional groups attached to an aromatic ring is 1. The van der Waals surface area contributed by atoms with Crippen LogP contribution in [-0.2, 0) is 7.05 Å². The molecule has 0 aliphatic carbocycles. The van der Waals surface area contributed by atoms with Crippen LogP contribution in [0.1, 0.15) is 0 Å². The lowest BCUT2D eigenvalue weighted by molar-refractivity contribution is 0.948. The molecule has 0 saturated carbocycles. The number of fused-ring (bicyclic) bond motifs is 1. The number of aryl methyl sites for hydroxylation is 1. The quantitative estimate of drug-likeness (QED) is 0.645. The first-order chi connectivity index (χ1) is 8.25. The Morgan fingerprint density at radius 3 is 2.65 bits per heavy atom. The Kier molecular flexibility index (Phi) is 2.11. The Bertz CT molecular complexity index is 669. The third-order valence-corrected chi connectivity index (χ3v) is 2.94. The van der Waals surface area contributed by atoms with Gasteiger partial charge in [0.2, 0.25) is 0 Å². The molecule has 3 nitrogen and oxygen atoms in total. The molecule has 1 heterocycles. The summed E-state index contributed by atoms with van der Waals surface area (Å²) < 4.78 is 1.98. The van der Waals surface area contributed by atoms with E-state index in [-0.39, 0.29) is 0 Å². The highest BCUT2D eigenvalue weighted by Gasteiger charge is 2.08. The van der Waals surface area contributed by atoms with Gasteiger partial charge in [-0.2, -0.15) is 0 Å². The van der Waals surface area contributed by atoms with Crippen molar-refractivity contribution >= 4 is 16.7 Å². The molecule has 0 saturated heterocycles. The van der Waals surface area contributed by atoms with Crippen LogP contribution in [0.25, 0.3) is 22.2 Å². The van der Waals surface area contributed by atoms with Gasteiger partial charge >= 0.3 is 0 Å². The average Bonchev–Trinajstić information content (AvgIpc) is 2.72. The van der Waals surface area contributed by atoms with Crippen molar-refractivity contribution in [3.8, 4) is 11.1 Å². The number of hydrogen-bond acceptors (Lipinski definition) is 2. The summed E-state index contributed by atoms with van der Waals surface area (Å²) >= 11 is 0. The van der Waals surface area contributed by atoms with Crippen molar-refractivity contribution in [2.24, 2.45) is 7.05 Å². The minimum Gasteiger partial charge on any atom is -0.399 e. The van der Waals surface area contributed by atoms with Crippen molar-refractivity contribution in [2.75, 3.05) is 5.73 Å². The van der Waals surface area contributed by atoms with E-state index < -0.39 is 0 Å². The van der Waals surface area contributed by atoms with Crippen LogP contribution < -0.4 is 5.73 Å². The lowest BCUT2D eigenvalue weighted by atomic mass is 10.0. The molecule has 17 heavy (non-hydrogen) atoms. The molecule has 1 aromatic heterocycles. The maximum absolute atomic E-state index is 5.95. The van der Waals surface area contributed by atoms with E-state index in [1.807, 2.05) is 48.3 Å². The highest BCUT2D eigenvalue weighted by atomic mass is 15.0. The average molecular weight is 223 g/mol. The zero-order chi connectivity index (χ0) is 11.8. The van der Waals surface area contributed by atoms with Gasteiger partial charge in [-0.25, -0.2) is 4.98 Å². The predicted molar refractivity (Wildman–Crippen MR) is 70.6 cm³/mol. The number of hydrogen-bond donors (Lipinski definition) is 1. The fraction of sp³-hybridized carbons (Fsp3) is 0.0714. The van der Waals surface area contributed by atoms with E-state index in [2.05, 4.69) is 17.1 Å². The Morgan fingerprint density at radius 2 is 1.88 bits per heavy atom. The summed E-state index contributed by atoms with van der Waals surface area (Å²) in [7, 11) is 1.98. The highest BCUT2D eigenvalue weighted by Crippen LogP contribution is 2.29. The van der Waals surface area contributed by atoms with Crippen molar-refractivity contribution in [3.05, 3.63) is 48.8 Å². The maximum atomic E-state index is 5.95. The van der Waals surface area contributed by atoms with E-state index in [1.54, 1.807) is 0 Å². The lowest BCUT2D eigenvalue weighted by Crippen LogP contribution is -1.90. The van der Waals surface area contributed by atoms with Crippen LogP contribution in [-0.4, -0.2) is 9.55 Å². The van der Waals surface area contributed by atoms with E-state index >= 15 is 0 Å². The second-order valence-electron chi connectivity index (χ2n) is 4.16. The first kappa shape index (κ1) is 9.90. The summed E-state index contributed by atoms with van der Waals surface area (Å²) in [6.45, 7) is 0. The standard InChI is InChI=1S/C14H13N3/c1-17-9-16-14-12(7-11(15)8-13(14)17)10-5-3-2-4-6-10/h2-9H,15H2,1H3. The third kappa shape index (κ3) is 1.56. The van der Waals surface area contributed by atoms with Crippen LogP contribution in [0.5, 0.6) is 0 Å². The third-order valence-electron chi connectivity index (χ3n) is 2.94. The van der Waals surface area contributed by atoms with Crippen molar-refractivity contribution in [2.45, 2.75) is 0 Å². The fourth-order valence-electron chi connectivity index (χ4n) is 2.09. The molecule has 0 bridgehead atoms. The summed E-state index contributed by atoms with van der Waals surface area (Å²) in [5.74, 6) is 0. The van der Waals surface area contributed by atoms with Gasteiger partial charge in [-0.15, -0.1) is 0 Å². The monoisotopic (exact) mass is 223 g/mol. The van der Waals surface area contributed by atoms with Crippen molar-refractivity contribution in [1.82, 2.24) is 9.55 Å². The predicted octanol–water partition coefficient (Wildman–Crippen LogP) is 2.82. The first-order valence-electron chi connectivity index (χ1n) is 5.51. The molecule has 3 heteroatoms. The van der Waals surface area contributed by atoms with Crippen LogP contribution in [0, 0.1) is 0 Å². The lowest BCUT2D eigenvalue weighted by Gasteiger charge is -2.05. The van der Waals surface area contributed by atoms with Gasteiger partial charge in [0, 0.05) is 18.3 Å². The van der Waals surface area contributed by atoms with Gasteiger partial charge < -0.3 is 10.3 Å². The van der Waals surface area contributed by atoms with Gasteiger partial charge in [-0.3, -0.25) is 0 Å². The molecule has 0 atom stereocenters. The summed E-state index contributed by atoms with van der Waals surface area (Å²) in [5, 5.41) is 0. The Morgan fingerprint density at radius 1 is 1.12 bits per heavy atom. The molecule has 2 N–H and O–H groups in total. The fourth-order valence-corrected chi connectivity index (χ4v) is 2.09. The maximum Gasteiger partial charge on any atom is 0.0964 e. The molecular formula is C14H13N3. The smallest absolute Gasteiger partial charge is 0.0964 e. The Balaban J connectivity index is 2.36. The van der Waals surface area contributed by atoms with Gasteiger partial charge in [0.1, 0.15) is 0 Å². The van der Waals surface area contributed by atoms with E-state index in [9.17, 15) is 0 Å². The summed E-state index contributed by atoms with van der Waals surface area (Å²) in [6, 6.07) is 14.1. The second kappa shape index (κ2) is 3.63. The molecule has 0 fully saturated rings. The second-order valence-corrected chi connectivity index (χ2v) is 4.16. The first-order valence-corrected chi connectivity index (χ1v) is 5.51. The van der Waals surface area contributed by atoms with Gasteiger partial charge in [0.25, 0.3) is 0 Å². The van der Waals surface area contributed by atoms with E-state index in [0.717, 1.165) is 27.8 Å². The van der Waals surface area contributed by atoms with E-state index in [1.165, 1.54) is 0 Å². The number of nitrogens with zero attached hydrogens (tertiary/aromatic N) is 2. The number of imidazole rings is 1. The van der Waals surface area contributed by atoms with Crippen LogP contribution in [0.4, 0.5) is 5.69 Å². The van der Waals surface area contributed by atoms with Crippen molar-refractivity contribution < 1.29 is 0 Å². The molecule has 0 spiro atoms. The Labute approximate surface area is 99.5 Å². The molecule has 0 aliphatic heterocycles.